The van der Waals surface area contributed by atoms with Gasteiger partial charge in [-0.05, 0) is 38.8 Å². The highest BCUT2D eigenvalue weighted by Gasteiger charge is 2.38. The van der Waals surface area contributed by atoms with Crippen molar-refractivity contribution in [2.75, 3.05) is 13.1 Å². The minimum atomic E-state index is -0.591. The molecule has 0 amide bonds. The van der Waals surface area contributed by atoms with Crippen LogP contribution >= 0.6 is 0 Å². The van der Waals surface area contributed by atoms with Gasteiger partial charge in [-0.3, -0.25) is 9.69 Å². The number of hydrogen-bond acceptors (Lipinski definition) is 2. The van der Waals surface area contributed by atoms with Gasteiger partial charge in [-0.1, -0.05) is 0 Å². The molecule has 0 saturated carbocycles. The van der Waals surface area contributed by atoms with E-state index in [-0.39, 0.29) is 5.92 Å². The largest absolute Gasteiger partial charge is 0.481 e. The molecule has 0 aromatic rings. The summed E-state index contributed by atoms with van der Waals surface area (Å²) < 4.78 is 0. The summed E-state index contributed by atoms with van der Waals surface area (Å²) in [5.74, 6) is -0.673. The van der Waals surface area contributed by atoms with Crippen LogP contribution < -0.4 is 0 Å². The van der Waals surface area contributed by atoms with Crippen molar-refractivity contribution in [1.29, 1.82) is 0 Å². The summed E-state index contributed by atoms with van der Waals surface area (Å²) >= 11 is 0. The summed E-state index contributed by atoms with van der Waals surface area (Å²) in [4.78, 5) is 13.2. The second-order valence-electron chi connectivity index (χ2n) is 3.83. The molecule has 0 spiro atoms. The van der Waals surface area contributed by atoms with Gasteiger partial charge >= 0.3 is 5.97 Å². The molecule has 1 N–H and O–H groups in total. The minimum Gasteiger partial charge on any atom is -0.481 e. The van der Waals surface area contributed by atoms with Gasteiger partial charge in [0, 0.05) is 6.04 Å². The van der Waals surface area contributed by atoms with E-state index in [1.165, 1.54) is 6.42 Å². The average Bonchev–Trinajstić information content (AvgIpc) is 2.49. The Morgan fingerprint density at radius 2 is 1.92 bits per heavy atom. The van der Waals surface area contributed by atoms with Crippen LogP contribution in [0.3, 0.4) is 0 Å². The van der Waals surface area contributed by atoms with E-state index in [2.05, 4.69) is 4.90 Å². The fraction of sp³-hybridized carbons (Fsp3) is 0.889. The number of carboxylic acid groups (broad SMARTS) is 1. The Labute approximate surface area is 72.4 Å². The maximum absolute atomic E-state index is 10.9. The van der Waals surface area contributed by atoms with Crippen LogP contribution in [0.1, 0.15) is 25.7 Å². The lowest BCUT2D eigenvalue weighted by atomic mass is 9.89. The third-order valence-electron chi connectivity index (χ3n) is 3.16. The molecule has 2 fully saturated rings. The molecular weight excluding hydrogens is 154 g/mol. The fourth-order valence-electron chi connectivity index (χ4n) is 2.58. The van der Waals surface area contributed by atoms with Crippen LogP contribution in [0, 0.1) is 5.92 Å². The van der Waals surface area contributed by atoms with E-state index in [0.29, 0.717) is 6.04 Å². The molecule has 3 heteroatoms. The Balaban J connectivity index is 2.08. The number of rotatable bonds is 1. The highest BCUT2D eigenvalue weighted by Crippen LogP contribution is 2.31. The first-order valence-electron chi connectivity index (χ1n) is 4.76. The van der Waals surface area contributed by atoms with Crippen molar-refractivity contribution in [3.63, 3.8) is 0 Å². The monoisotopic (exact) mass is 169 g/mol. The first-order chi connectivity index (χ1) is 5.79. The van der Waals surface area contributed by atoms with E-state index >= 15 is 0 Å². The maximum atomic E-state index is 10.9. The number of carboxylic acids is 1. The van der Waals surface area contributed by atoms with Crippen LogP contribution in [0.4, 0.5) is 0 Å². The summed E-state index contributed by atoms with van der Waals surface area (Å²) in [7, 11) is 0. The Morgan fingerprint density at radius 1 is 1.25 bits per heavy atom. The average molecular weight is 169 g/mol. The number of fused-ring (bicyclic) bond motifs is 1. The molecule has 2 aliphatic heterocycles. The van der Waals surface area contributed by atoms with Crippen LogP contribution in [0.15, 0.2) is 0 Å². The minimum absolute atomic E-state index is 0.0822. The van der Waals surface area contributed by atoms with Crippen LogP contribution in [-0.2, 0) is 4.79 Å². The SMILES string of the molecule is O=C(O)C1CCCN2CCCC12. The van der Waals surface area contributed by atoms with Crippen LogP contribution in [0.25, 0.3) is 0 Å². The van der Waals surface area contributed by atoms with Crippen molar-refractivity contribution < 1.29 is 9.90 Å². The van der Waals surface area contributed by atoms with Crippen LogP contribution in [-0.4, -0.2) is 35.1 Å². The Bertz CT molecular complexity index is 193. The number of piperidine rings is 1. The maximum Gasteiger partial charge on any atom is 0.308 e. The molecule has 2 atom stereocenters. The third-order valence-corrected chi connectivity index (χ3v) is 3.16. The summed E-state index contributed by atoms with van der Waals surface area (Å²) in [5, 5.41) is 8.96. The van der Waals surface area contributed by atoms with Crippen molar-refractivity contribution in [3.05, 3.63) is 0 Å². The smallest absolute Gasteiger partial charge is 0.308 e. The van der Waals surface area contributed by atoms with Crippen LogP contribution in [0.5, 0.6) is 0 Å². The highest BCUT2D eigenvalue weighted by atomic mass is 16.4. The van der Waals surface area contributed by atoms with Gasteiger partial charge in [0.25, 0.3) is 0 Å². The normalized spacial score (nSPS) is 36.3. The van der Waals surface area contributed by atoms with Gasteiger partial charge in [-0.2, -0.15) is 0 Å². The summed E-state index contributed by atoms with van der Waals surface area (Å²) in [5.41, 5.74) is 0. The lowest BCUT2D eigenvalue weighted by molar-refractivity contribution is -0.145. The van der Waals surface area contributed by atoms with E-state index < -0.39 is 5.97 Å². The molecule has 0 bridgehead atoms. The molecular formula is C9H15NO2. The topological polar surface area (TPSA) is 40.5 Å². The molecule has 0 radical (unpaired) electrons. The summed E-state index contributed by atoms with van der Waals surface area (Å²) in [6.45, 7) is 2.24. The predicted molar refractivity (Wildman–Crippen MR) is 45.0 cm³/mol. The molecule has 12 heavy (non-hydrogen) atoms. The van der Waals surface area contributed by atoms with E-state index in [1.807, 2.05) is 0 Å². The summed E-state index contributed by atoms with van der Waals surface area (Å²) in [6, 6.07) is 0.358. The van der Waals surface area contributed by atoms with Gasteiger partial charge in [0.1, 0.15) is 0 Å². The number of hydrogen-bond donors (Lipinski definition) is 1. The molecule has 2 rings (SSSR count). The molecule has 2 aliphatic rings. The zero-order valence-corrected chi connectivity index (χ0v) is 7.20. The predicted octanol–water partition coefficient (Wildman–Crippen LogP) is 0.945. The number of aliphatic carboxylic acids is 1. The van der Waals surface area contributed by atoms with E-state index in [9.17, 15) is 4.79 Å². The second-order valence-corrected chi connectivity index (χ2v) is 3.83. The lowest BCUT2D eigenvalue weighted by Crippen LogP contribution is -2.43. The Hall–Kier alpha value is -0.570. The number of carbonyl (C=O) groups is 1. The standard InChI is InChI=1S/C9H15NO2/c11-9(12)7-3-1-5-10-6-2-4-8(7)10/h7-8H,1-6H2,(H,11,12). The quantitative estimate of drug-likeness (QED) is 0.635. The highest BCUT2D eigenvalue weighted by molar-refractivity contribution is 5.71. The van der Waals surface area contributed by atoms with E-state index in [0.717, 1.165) is 32.4 Å². The molecule has 68 valence electrons. The zero-order valence-electron chi connectivity index (χ0n) is 7.20. The van der Waals surface area contributed by atoms with E-state index in [1.54, 1.807) is 0 Å². The molecule has 0 aliphatic carbocycles. The molecule has 2 unspecified atom stereocenters. The van der Waals surface area contributed by atoms with Gasteiger partial charge in [0.15, 0.2) is 0 Å². The van der Waals surface area contributed by atoms with Crippen molar-refractivity contribution >= 4 is 5.97 Å². The lowest BCUT2D eigenvalue weighted by Gasteiger charge is -2.34. The fourth-order valence-corrected chi connectivity index (χ4v) is 2.58. The van der Waals surface area contributed by atoms with Crippen molar-refractivity contribution in [3.8, 4) is 0 Å². The molecule has 2 saturated heterocycles. The van der Waals surface area contributed by atoms with Gasteiger partial charge in [-0.25, -0.2) is 0 Å². The molecule has 0 aromatic heterocycles. The summed E-state index contributed by atoms with van der Waals surface area (Å²) in [6.07, 6.45) is 4.23. The molecule has 3 nitrogen and oxygen atoms in total. The van der Waals surface area contributed by atoms with Gasteiger partial charge < -0.3 is 5.11 Å². The van der Waals surface area contributed by atoms with Gasteiger partial charge in [0.2, 0.25) is 0 Å². The van der Waals surface area contributed by atoms with Crippen molar-refractivity contribution in [1.82, 2.24) is 4.90 Å². The number of nitrogens with zero attached hydrogens (tertiary/aromatic N) is 1. The second kappa shape index (κ2) is 3.05. The van der Waals surface area contributed by atoms with Crippen molar-refractivity contribution in [2.24, 2.45) is 5.92 Å². The van der Waals surface area contributed by atoms with Crippen molar-refractivity contribution in [2.45, 2.75) is 31.7 Å². The Kier molecular flexibility index (Phi) is 2.05. The van der Waals surface area contributed by atoms with E-state index in [4.69, 9.17) is 5.11 Å². The van der Waals surface area contributed by atoms with Crippen LogP contribution in [0.2, 0.25) is 0 Å². The first-order valence-corrected chi connectivity index (χ1v) is 4.76. The first kappa shape index (κ1) is 8.05. The zero-order chi connectivity index (χ0) is 8.55. The third kappa shape index (κ3) is 1.22. The molecule has 2 heterocycles. The molecule has 0 aromatic carbocycles. The van der Waals surface area contributed by atoms with Gasteiger partial charge in [-0.15, -0.1) is 0 Å². The Morgan fingerprint density at radius 3 is 2.58 bits per heavy atom. The van der Waals surface area contributed by atoms with Gasteiger partial charge in [0.05, 0.1) is 5.92 Å².